The Kier molecular flexibility index (Phi) is 7.39. The molecule has 1 aliphatic rings. The molecular formula is C20H25BrN2O2S2. The summed E-state index contributed by atoms with van der Waals surface area (Å²) < 4.78 is 28.5. The molecule has 0 amide bonds. The SMILES string of the molecule is CSc1ccccc1CN1CCC(CNS(=O)(=O)c2ccc(Br)cc2)CC1. The van der Waals surface area contributed by atoms with Crippen molar-refractivity contribution in [1.82, 2.24) is 9.62 Å². The molecule has 1 saturated heterocycles. The first-order valence-electron chi connectivity index (χ1n) is 9.07. The summed E-state index contributed by atoms with van der Waals surface area (Å²) in [5.41, 5.74) is 1.37. The number of piperidine rings is 1. The predicted molar refractivity (Wildman–Crippen MR) is 116 cm³/mol. The molecule has 1 aliphatic heterocycles. The zero-order chi connectivity index (χ0) is 19.3. The number of halogens is 1. The Labute approximate surface area is 174 Å². The number of thioether (sulfide) groups is 1. The Morgan fingerprint density at radius 1 is 1.11 bits per heavy atom. The van der Waals surface area contributed by atoms with Crippen molar-refractivity contribution in [2.75, 3.05) is 25.9 Å². The van der Waals surface area contributed by atoms with Gasteiger partial charge in [0.2, 0.25) is 10.0 Å². The molecule has 1 fully saturated rings. The number of likely N-dealkylation sites (tertiary alicyclic amines) is 1. The van der Waals surface area contributed by atoms with Crippen LogP contribution >= 0.6 is 27.7 Å². The molecule has 1 N–H and O–H groups in total. The number of sulfonamides is 1. The Hall–Kier alpha value is -0.860. The molecule has 0 aliphatic carbocycles. The molecular weight excluding hydrogens is 444 g/mol. The molecule has 7 heteroatoms. The van der Waals surface area contributed by atoms with Crippen molar-refractivity contribution in [2.45, 2.75) is 29.2 Å². The van der Waals surface area contributed by atoms with Crippen LogP contribution in [0.2, 0.25) is 0 Å². The fourth-order valence-electron chi connectivity index (χ4n) is 3.35. The number of hydrogen-bond donors (Lipinski definition) is 1. The van der Waals surface area contributed by atoms with Crippen molar-refractivity contribution in [3.05, 3.63) is 58.6 Å². The van der Waals surface area contributed by atoms with Gasteiger partial charge < -0.3 is 0 Å². The van der Waals surface area contributed by atoms with Crippen LogP contribution < -0.4 is 4.72 Å². The van der Waals surface area contributed by atoms with Gasteiger partial charge in [-0.25, -0.2) is 13.1 Å². The van der Waals surface area contributed by atoms with E-state index in [2.05, 4.69) is 56.1 Å². The second kappa shape index (κ2) is 9.56. The zero-order valence-electron chi connectivity index (χ0n) is 15.4. The van der Waals surface area contributed by atoms with Crippen molar-refractivity contribution in [1.29, 1.82) is 0 Å². The second-order valence-corrected chi connectivity index (χ2v) is 10.4. The van der Waals surface area contributed by atoms with Crippen molar-refractivity contribution >= 4 is 37.7 Å². The maximum absolute atomic E-state index is 12.4. The molecule has 3 rings (SSSR count). The zero-order valence-corrected chi connectivity index (χ0v) is 18.6. The highest BCUT2D eigenvalue weighted by molar-refractivity contribution is 9.10. The van der Waals surface area contributed by atoms with Crippen LogP contribution in [0.4, 0.5) is 0 Å². The quantitative estimate of drug-likeness (QED) is 0.613. The summed E-state index contributed by atoms with van der Waals surface area (Å²) in [4.78, 5) is 4.12. The van der Waals surface area contributed by atoms with E-state index in [1.165, 1.54) is 10.5 Å². The van der Waals surface area contributed by atoms with Crippen LogP contribution in [0.3, 0.4) is 0 Å². The van der Waals surface area contributed by atoms with Crippen molar-refractivity contribution in [2.24, 2.45) is 5.92 Å². The fraction of sp³-hybridized carbons (Fsp3) is 0.400. The Morgan fingerprint density at radius 2 is 1.78 bits per heavy atom. The maximum atomic E-state index is 12.4. The van der Waals surface area contributed by atoms with Crippen LogP contribution in [-0.4, -0.2) is 39.2 Å². The summed E-state index contributed by atoms with van der Waals surface area (Å²) in [6.45, 7) is 3.49. The van der Waals surface area contributed by atoms with Gasteiger partial charge in [0.15, 0.2) is 0 Å². The number of hydrogen-bond acceptors (Lipinski definition) is 4. The molecule has 2 aromatic carbocycles. The summed E-state index contributed by atoms with van der Waals surface area (Å²) in [5.74, 6) is 0.391. The van der Waals surface area contributed by atoms with Gasteiger partial charge in [0.1, 0.15) is 0 Å². The minimum Gasteiger partial charge on any atom is -0.299 e. The van der Waals surface area contributed by atoms with Gasteiger partial charge in [-0.2, -0.15) is 0 Å². The minimum absolute atomic E-state index is 0.316. The maximum Gasteiger partial charge on any atom is 0.240 e. The van der Waals surface area contributed by atoms with Gasteiger partial charge in [-0.3, -0.25) is 4.90 Å². The third-order valence-corrected chi connectivity index (χ3v) is 7.79. The molecule has 4 nitrogen and oxygen atoms in total. The van der Waals surface area contributed by atoms with Crippen LogP contribution in [0.25, 0.3) is 0 Å². The second-order valence-electron chi connectivity index (χ2n) is 6.84. The van der Waals surface area contributed by atoms with Crippen molar-refractivity contribution < 1.29 is 8.42 Å². The summed E-state index contributed by atoms with van der Waals surface area (Å²) in [5, 5.41) is 0. The summed E-state index contributed by atoms with van der Waals surface area (Å²) in [6.07, 6.45) is 4.15. The molecule has 0 bridgehead atoms. The van der Waals surface area contributed by atoms with E-state index < -0.39 is 10.0 Å². The van der Waals surface area contributed by atoms with E-state index in [1.54, 1.807) is 36.0 Å². The molecule has 0 atom stereocenters. The Balaban J connectivity index is 1.49. The van der Waals surface area contributed by atoms with Gasteiger partial charge in [0.25, 0.3) is 0 Å². The van der Waals surface area contributed by atoms with Crippen molar-refractivity contribution in [3.63, 3.8) is 0 Å². The van der Waals surface area contributed by atoms with E-state index in [0.717, 1.165) is 36.9 Å². The number of nitrogens with one attached hydrogen (secondary N) is 1. The highest BCUT2D eigenvalue weighted by atomic mass is 79.9. The van der Waals surface area contributed by atoms with Gasteiger partial charge in [-0.15, -0.1) is 11.8 Å². The molecule has 146 valence electrons. The number of rotatable bonds is 7. The monoisotopic (exact) mass is 468 g/mol. The smallest absolute Gasteiger partial charge is 0.240 e. The lowest BCUT2D eigenvalue weighted by atomic mass is 9.97. The summed E-state index contributed by atoms with van der Waals surface area (Å²) >= 11 is 5.12. The molecule has 0 saturated carbocycles. The van der Waals surface area contributed by atoms with Gasteiger partial charge >= 0.3 is 0 Å². The topological polar surface area (TPSA) is 49.4 Å². The molecule has 27 heavy (non-hydrogen) atoms. The van der Waals surface area contributed by atoms with Crippen LogP contribution in [0.1, 0.15) is 18.4 Å². The molecule has 2 aromatic rings. The van der Waals surface area contributed by atoms with E-state index in [4.69, 9.17) is 0 Å². The molecule has 0 aromatic heterocycles. The molecule has 0 spiro atoms. The van der Waals surface area contributed by atoms with Crippen molar-refractivity contribution in [3.8, 4) is 0 Å². The van der Waals surface area contributed by atoms with E-state index in [1.807, 2.05) is 0 Å². The largest absolute Gasteiger partial charge is 0.299 e. The van der Waals surface area contributed by atoms with Gasteiger partial charge in [-0.05, 0) is 74.0 Å². The number of nitrogens with zero attached hydrogens (tertiary/aromatic N) is 1. The Morgan fingerprint density at radius 3 is 2.44 bits per heavy atom. The average molecular weight is 469 g/mol. The van der Waals surface area contributed by atoms with Crippen LogP contribution in [-0.2, 0) is 16.6 Å². The lowest BCUT2D eigenvalue weighted by Gasteiger charge is -2.32. The highest BCUT2D eigenvalue weighted by Gasteiger charge is 2.22. The predicted octanol–water partition coefficient (Wildman–Crippen LogP) is 4.36. The van der Waals surface area contributed by atoms with Gasteiger partial charge in [-0.1, -0.05) is 34.1 Å². The first kappa shape index (κ1) is 20.9. The van der Waals surface area contributed by atoms with E-state index in [-0.39, 0.29) is 0 Å². The molecule has 0 radical (unpaired) electrons. The van der Waals surface area contributed by atoms with Crippen LogP contribution in [0.15, 0.2) is 62.8 Å². The van der Waals surface area contributed by atoms with Gasteiger partial charge in [0, 0.05) is 22.5 Å². The van der Waals surface area contributed by atoms with Crippen LogP contribution in [0.5, 0.6) is 0 Å². The minimum atomic E-state index is -3.43. The third kappa shape index (κ3) is 5.81. The normalized spacial score (nSPS) is 16.5. The molecule has 1 heterocycles. The first-order chi connectivity index (χ1) is 13.0. The lowest BCUT2D eigenvalue weighted by molar-refractivity contribution is 0.177. The van der Waals surface area contributed by atoms with Crippen LogP contribution in [0, 0.1) is 5.92 Å². The molecule has 0 unspecified atom stereocenters. The summed E-state index contributed by atoms with van der Waals surface area (Å²) in [6, 6.07) is 15.3. The standard InChI is InChI=1S/C20H25BrN2O2S2/c1-26-20-5-3-2-4-17(20)15-23-12-10-16(11-13-23)14-22-27(24,25)19-8-6-18(21)7-9-19/h2-9,16,22H,10-15H2,1H3. The lowest BCUT2D eigenvalue weighted by Crippen LogP contribution is -2.38. The van der Waals surface area contributed by atoms with E-state index in [9.17, 15) is 8.42 Å². The summed E-state index contributed by atoms with van der Waals surface area (Å²) in [7, 11) is -3.43. The van der Waals surface area contributed by atoms with E-state index in [0.29, 0.717) is 17.4 Å². The average Bonchev–Trinajstić information content (AvgIpc) is 2.68. The van der Waals surface area contributed by atoms with E-state index >= 15 is 0 Å². The first-order valence-corrected chi connectivity index (χ1v) is 12.6. The fourth-order valence-corrected chi connectivity index (χ4v) is 5.34. The third-order valence-electron chi connectivity index (χ3n) is 4.98. The highest BCUT2D eigenvalue weighted by Crippen LogP contribution is 2.24. The Bertz CT molecular complexity index is 849. The van der Waals surface area contributed by atoms with Gasteiger partial charge in [0.05, 0.1) is 4.90 Å². The number of benzene rings is 2.